The summed E-state index contributed by atoms with van der Waals surface area (Å²) in [4.78, 5) is 63.5. The van der Waals surface area contributed by atoms with Gasteiger partial charge < -0.3 is 49.3 Å². The second-order valence-electron chi connectivity index (χ2n) is 23.5. The lowest BCUT2D eigenvalue weighted by Gasteiger charge is -2.35. The third-order valence-corrected chi connectivity index (χ3v) is 15.9. The van der Waals surface area contributed by atoms with Crippen molar-refractivity contribution in [2.24, 2.45) is 16.2 Å². The summed E-state index contributed by atoms with van der Waals surface area (Å²) in [6.45, 7) is 24.5. The Bertz CT molecular complexity index is 2810. The maximum atomic E-state index is 12.1. The van der Waals surface area contributed by atoms with Crippen molar-refractivity contribution in [3.8, 4) is 0 Å². The fraction of sp³-hybridized carbons (Fsp3) is 0.538. The first-order valence-electron chi connectivity index (χ1n) is 28.4. The van der Waals surface area contributed by atoms with Crippen LogP contribution in [-0.2, 0) is 42.8 Å². The second-order valence-corrected chi connectivity index (χ2v) is 24.4. The van der Waals surface area contributed by atoms with E-state index in [1.54, 1.807) is 33.5 Å². The van der Waals surface area contributed by atoms with E-state index in [1.807, 2.05) is 117 Å². The second kappa shape index (κ2) is 31.0. The number of carboxylic acid groups (broad SMARTS) is 2. The van der Waals surface area contributed by atoms with Gasteiger partial charge in [-0.15, -0.1) is 13.2 Å². The first-order chi connectivity index (χ1) is 38.6. The van der Waals surface area contributed by atoms with Gasteiger partial charge in [-0.2, -0.15) is 0 Å². The Labute approximate surface area is 494 Å². The quantitative estimate of drug-likeness (QED) is 0.0495. The van der Waals surface area contributed by atoms with E-state index in [1.165, 1.54) is 5.39 Å². The van der Waals surface area contributed by atoms with E-state index in [2.05, 4.69) is 64.0 Å². The van der Waals surface area contributed by atoms with Crippen LogP contribution in [0.1, 0.15) is 168 Å². The molecule has 4 N–H and O–H groups in total. The van der Waals surface area contributed by atoms with Crippen LogP contribution in [-0.4, -0.2) is 103 Å². The van der Waals surface area contributed by atoms with Crippen molar-refractivity contribution in [2.75, 3.05) is 27.9 Å². The molecule has 7 rings (SSSR count). The molecule has 2 amide bonds. The Balaban J connectivity index is 0.000000253. The molecule has 4 aromatic rings. The topological polar surface area (TPSA) is 218 Å². The van der Waals surface area contributed by atoms with Gasteiger partial charge in [0.1, 0.15) is 11.2 Å². The lowest BCUT2D eigenvalue weighted by molar-refractivity contribution is -0.155. The van der Waals surface area contributed by atoms with Gasteiger partial charge in [0, 0.05) is 31.2 Å². The lowest BCUT2D eigenvalue weighted by atomic mass is 9.72. The van der Waals surface area contributed by atoms with E-state index in [-0.39, 0.29) is 36.4 Å². The molecule has 82 heavy (non-hydrogen) atoms. The van der Waals surface area contributed by atoms with Crippen LogP contribution in [0.2, 0.25) is 0 Å². The maximum Gasteiger partial charge on any atom is 0.408 e. The Morgan fingerprint density at radius 2 is 1.09 bits per heavy atom. The molecule has 3 aliphatic rings. The van der Waals surface area contributed by atoms with Crippen molar-refractivity contribution < 1.29 is 62.6 Å². The Kier molecular flexibility index (Phi) is 25.8. The van der Waals surface area contributed by atoms with Crippen LogP contribution in [0.3, 0.4) is 0 Å². The minimum absolute atomic E-state index is 0.108. The van der Waals surface area contributed by atoms with Crippen LogP contribution in [0, 0.1) is 16.2 Å². The van der Waals surface area contributed by atoms with E-state index < -0.39 is 51.6 Å². The van der Waals surface area contributed by atoms with Crippen LogP contribution in [0.15, 0.2) is 103 Å². The van der Waals surface area contributed by atoms with E-state index in [0.29, 0.717) is 32.3 Å². The fourth-order valence-corrected chi connectivity index (χ4v) is 10.5. The lowest BCUT2D eigenvalue weighted by Crippen LogP contribution is -2.37. The zero-order valence-electron chi connectivity index (χ0n) is 50.4. The van der Waals surface area contributed by atoms with Crippen LogP contribution >= 0.6 is 15.9 Å². The van der Waals surface area contributed by atoms with Gasteiger partial charge in [0.25, 0.3) is 0 Å². The van der Waals surface area contributed by atoms with Gasteiger partial charge in [0.2, 0.25) is 0 Å². The van der Waals surface area contributed by atoms with E-state index in [9.17, 15) is 29.1 Å². The van der Waals surface area contributed by atoms with Crippen molar-refractivity contribution in [1.82, 2.24) is 15.6 Å². The maximum absolute atomic E-state index is 12.1. The summed E-state index contributed by atoms with van der Waals surface area (Å²) in [5.41, 5.74) is 0.330. The number of hydrogen-bond acceptors (Lipinski definition) is 12. The molecular weight excluding hydrogens is 1110 g/mol. The molecule has 0 unspecified atom stereocenters. The van der Waals surface area contributed by atoms with Crippen LogP contribution < -0.4 is 10.6 Å². The number of aliphatic carboxylic acids is 2. The predicted molar refractivity (Wildman–Crippen MR) is 325 cm³/mol. The minimum atomic E-state index is -0.870. The number of fused-ring (bicyclic) bond motifs is 2. The predicted octanol–water partition coefficient (Wildman–Crippen LogP) is 14.8. The molecule has 2 atom stereocenters. The number of ether oxygens (including phenoxy) is 6. The highest BCUT2D eigenvalue weighted by molar-refractivity contribution is 9.10. The standard InChI is InChI=1S/C26H34N2O5.C17H20BrNO2.C12H20O3.C10H16O3/c1-17(27-24(31)33-25(2,3)4)21-9-8-19-7-6-18(16-22(19)28-21)10-13-26(23(29)30)14-11-20(32-5)12-15-26;1-11(19-16(20)21-17(2,3)4)13-6-5-12-7-8-15(18)10-14(12)9-13;1-4-12(11(13)15-5-2)8-6-10(14-3)7-9-12;1-3-10(9(11)12)6-4-8(13-2)5-7-10/h6-10,13,16-17,20H,11-12,14-15H2,1-5H3,(H,27,31)(H,29,30);5-11H,1-4H3,(H,19,20);4,10H,1,5-9H2,2-3H3;3,8H,1,4-7H2,2H3,(H,11,12)/b13-10+;;;/t17-,20?,26?;11-;;/m11../s1. The SMILES string of the molecule is C=CC1(C(=O)O)CCC(OC)CC1.C=CC1(C(=O)OCC)CCC(OC)CC1.COC1CCC(/C=C/c2ccc3ccc([C@@H](C)NC(=O)OC(C)(C)C)nc3c2)(C(=O)O)CC1.C[C@@H](NC(=O)OC(C)(C)C)c1ccc2ccc(Br)cc2c1. The molecule has 3 saturated carbocycles. The molecule has 0 radical (unpaired) electrons. The molecule has 3 aromatic carbocycles. The molecule has 3 aliphatic carbocycles. The highest BCUT2D eigenvalue weighted by Gasteiger charge is 2.42. The Morgan fingerprint density at radius 3 is 1.55 bits per heavy atom. The van der Waals surface area contributed by atoms with Gasteiger partial charge >= 0.3 is 30.1 Å². The highest BCUT2D eigenvalue weighted by atomic mass is 79.9. The molecule has 0 aliphatic heterocycles. The molecule has 0 bridgehead atoms. The van der Waals surface area contributed by atoms with E-state index >= 15 is 0 Å². The number of halogens is 1. The fourth-order valence-electron chi connectivity index (χ4n) is 10.1. The first-order valence-corrected chi connectivity index (χ1v) is 29.2. The summed E-state index contributed by atoms with van der Waals surface area (Å²) in [7, 11) is 5.07. The van der Waals surface area contributed by atoms with Crippen molar-refractivity contribution in [1.29, 1.82) is 0 Å². The first kappa shape index (κ1) is 68.4. The third-order valence-electron chi connectivity index (χ3n) is 15.4. The number of esters is 1. The number of hydrogen-bond donors (Lipinski definition) is 4. The number of nitrogens with zero attached hydrogens (tertiary/aromatic N) is 1. The molecule has 16 nitrogen and oxygen atoms in total. The number of nitrogens with one attached hydrogen (secondary N) is 2. The van der Waals surface area contributed by atoms with Gasteiger partial charge in [0.15, 0.2) is 0 Å². The number of carbonyl (C=O) groups excluding carboxylic acids is 3. The summed E-state index contributed by atoms with van der Waals surface area (Å²) in [5.74, 6) is -1.68. The molecule has 0 spiro atoms. The number of carboxylic acids is 2. The van der Waals surface area contributed by atoms with Gasteiger partial charge in [-0.25, -0.2) is 9.59 Å². The average Bonchev–Trinajstić information content (AvgIpc) is 3.58. The Morgan fingerprint density at radius 1 is 0.634 bits per heavy atom. The van der Waals surface area contributed by atoms with Crippen molar-refractivity contribution in [2.45, 2.75) is 181 Å². The van der Waals surface area contributed by atoms with E-state index in [0.717, 1.165) is 88.9 Å². The largest absolute Gasteiger partial charge is 0.481 e. The summed E-state index contributed by atoms with van der Waals surface area (Å²) in [6, 6.07) is 21.6. The minimum Gasteiger partial charge on any atom is -0.481 e. The van der Waals surface area contributed by atoms with E-state index in [4.69, 9.17) is 38.5 Å². The third kappa shape index (κ3) is 20.3. The molecule has 3 fully saturated rings. The summed E-state index contributed by atoms with van der Waals surface area (Å²) in [5, 5.41) is 27.9. The summed E-state index contributed by atoms with van der Waals surface area (Å²) < 4.78 is 32.6. The van der Waals surface area contributed by atoms with Crippen molar-refractivity contribution in [3.05, 3.63) is 119 Å². The normalized spacial score (nSPS) is 23.4. The smallest absolute Gasteiger partial charge is 0.408 e. The number of pyridine rings is 1. The number of rotatable bonds is 15. The summed E-state index contributed by atoms with van der Waals surface area (Å²) in [6.07, 6.45) is 15.6. The van der Waals surface area contributed by atoms with Crippen molar-refractivity contribution >= 4 is 73.8 Å². The number of carbonyl (C=O) groups is 5. The van der Waals surface area contributed by atoms with Gasteiger partial charge in [-0.1, -0.05) is 76.6 Å². The van der Waals surface area contributed by atoms with Gasteiger partial charge in [-0.05, 0) is 192 Å². The van der Waals surface area contributed by atoms with Crippen LogP contribution in [0.25, 0.3) is 27.8 Å². The number of methoxy groups -OCH3 is 3. The molecule has 17 heteroatoms. The monoisotopic (exact) mass is 1200 g/mol. The highest BCUT2D eigenvalue weighted by Crippen LogP contribution is 2.41. The zero-order chi connectivity index (χ0) is 61.1. The average molecular weight is 1200 g/mol. The number of benzene rings is 3. The van der Waals surface area contributed by atoms with Gasteiger partial charge in [0.05, 0.1) is 64.5 Å². The van der Waals surface area contributed by atoms with Crippen LogP contribution in [0.4, 0.5) is 9.59 Å². The van der Waals surface area contributed by atoms with Gasteiger partial charge in [-0.3, -0.25) is 19.4 Å². The molecular formula is C65H90BrN3O13. The number of aromatic nitrogens is 1. The number of amides is 2. The molecule has 450 valence electrons. The Hall–Kier alpha value is -6.14. The van der Waals surface area contributed by atoms with Crippen LogP contribution in [0.5, 0.6) is 0 Å². The molecule has 1 heterocycles. The molecule has 1 aromatic heterocycles. The summed E-state index contributed by atoms with van der Waals surface area (Å²) >= 11 is 3.48. The van der Waals surface area contributed by atoms with Crippen molar-refractivity contribution in [3.63, 3.8) is 0 Å². The number of alkyl carbamates (subject to hydrolysis) is 2. The zero-order valence-corrected chi connectivity index (χ0v) is 51.9. The molecule has 0 saturated heterocycles.